The maximum Gasteiger partial charge on any atom is 0.255 e. The van der Waals surface area contributed by atoms with E-state index in [-0.39, 0.29) is 29.8 Å². The van der Waals surface area contributed by atoms with Crippen molar-refractivity contribution in [3.8, 4) is 17.2 Å². The zero-order valence-corrected chi connectivity index (χ0v) is 16.1. The van der Waals surface area contributed by atoms with Gasteiger partial charge in [-0.2, -0.15) is 0 Å². The maximum atomic E-state index is 12.7. The van der Waals surface area contributed by atoms with Crippen LogP contribution in [0, 0.1) is 0 Å². The van der Waals surface area contributed by atoms with Gasteiger partial charge in [0.15, 0.2) is 18.1 Å². The Hall–Kier alpha value is -2.45. The fraction of sp³-hybridized carbons (Fsp3) is 0.294. The predicted molar refractivity (Wildman–Crippen MR) is 99.4 cm³/mol. The molecule has 26 heavy (non-hydrogen) atoms. The first-order valence-corrected chi connectivity index (χ1v) is 8.72. The molecule has 0 aliphatic rings. The molecule has 2 N–H and O–H groups in total. The van der Waals surface area contributed by atoms with Crippen LogP contribution in [0.1, 0.15) is 15.2 Å². The van der Waals surface area contributed by atoms with Crippen LogP contribution < -0.4 is 19.9 Å². The lowest BCUT2D eigenvalue weighted by molar-refractivity contribution is -0.120. The molecule has 2 amide bonds. The summed E-state index contributed by atoms with van der Waals surface area (Å²) in [6, 6.07) is 6.72. The summed E-state index contributed by atoms with van der Waals surface area (Å²) in [5.74, 6) is -0.128. The van der Waals surface area contributed by atoms with E-state index in [4.69, 9.17) is 31.5 Å². The van der Waals surface area contributed by atoms with E-state index in [1.165, 1.54) is 37.7 Å². The highest BCUT2D eigenvalue weighted by atomic mass is 35.5. The number of hydrogen-bond acceptors (Lipinski definition) is 6. The van der Waals surface area contributed by atoms with Crippen LogP contribution in [0.3, 0.4) is 0 Å². The molecule has 9 heteroatoms. The monoisotopic (exact) mass is 398 g/mol. The summed E-state index contributed by atoms with van der Waals surface area (Å²) in [5.41, 5.74) is 5.46. The van der Waals surface area contributed by atoms with Gasteiger partial charge >= 0.3 is 0 Å². The Bertz CT molecular complexity index is 783. The number of nitrogens with zero attached hydrogens (tertiary/aromatic N) is 1. The Balaban J connectivity index is 2.27. The van der Waals surface area contributed by atoms with E-state index in [1.54, 1.807) is 18.0 Å². The van der Waals surface area contributed by atoms with Gasteiger partial charge in [-0.25, -0.2) is 0 Å². The second-order valence-electron chi connectivity index (χ2n) is 5.33. The Morgan fingerprint density at radius 2 is 1.81 bits per heavy atom. The van der Waals surface area contributed by atoms with Crippen molar-refractivity contribution in [3.63, 3.8) is 0 Å². The Labute approximate surface area is 160 Å². The number of benzene rings is 1. The Morgan fingerprint density at radius 1 is 1.19 bits per heavy atom. The van der Waals surface area contributed by atoms with Crippen molar-refractivity contribution in [2.45, 2.75) is 6.54 Å². The van der Waals surface area contributed by atoms with E-state index < -0.39 is 5.91 Å². The average Bonchev–Trinajstić information content (AvgIpc) is 3.02. The van der Waals surface area contributed by atoms with Crippen LogP contribution in [0.4, 0.5) is 0 Å². The summed E-state index contributed by atoms with van der Waals surface area (Å²) in [6.07, 6.45) is 0. The summed E-state index contributed by atoms with van der Waals surface area (Å²) in [7, 11) is 4.54. The topological polar surface area (TPSA) is 91.1 Å². The molecule has 0 unspecified atom stereocenters. The van der Waals surface area contributed by atoms with Crippen molar-refractivity contribution in [2.24, 2.45) is 5.73 Å². The highest BCUT2D eigenvalue weighted by Crippen LogP contribution is 2.39. The molecule has 0 spiro atoms. The van der Waals surface area contributed by atoms with Crippen molar-refractivity contribution in [3.05, 3.63) is 39.0 Å². The third-order valence-corrected chi connectivity index (χ3v) is 4.65. The summed E-state index contributed by atoms with van der Waals surface area (Å²) in [6.45, 7) is 0.0832. The van der Waals surface area contributed by atoms with E-state index in [0.29, 0.717) is 16.4 Å². The molecule has 0 atom stereocenters. The lowest BCUT2D eigenvalue weighted by Crippen LogP contribution is -2.26. The molecule has 2 aromatic rings. The summed E-state index contributed by atoms with van der Waals surface area (Å²) >= 11 is 7.34. The van der Waals surface area contributed by atoms with E-state index in [1.807, 2.05) is 6.07 Å². The normalized spacial score (nSPS) is 10.3. The molecule has 0 aliphatic heterocycles. The van der Waals surface area contributed by atoms with Gasteiger partial charge < -0.3 is 24.8 Å². The lowest BCUT2D eigenvalue weighted by atomic mass is 10.1. The van der Waals surface area contributed by atoms with Gasteiger partial charge in [-0.3, -0.25) is 9.59 Å². The van der Waals surface area contributed by atoms with Crippen LogP contribution in [-0.4, -0.2) is 44.6 Å². The molecule has 0 saturated carbocycles. The van der Waals surface area contributed by atoms with Crippen LogP contribution in [0.5, 0.6) is 17.2 Å². The van der Waals surface area contributed by atoms with Crippen molar-refractivity contribution < 1.29 is 23.8 Å². The number of hydrogen-bond donors (Lipinski definition) is 1. The Kier molecular flexibility index (Phi) is 6.70. The first-order valence-electron chi connectivity index (χ1n) is 7.52. The molecule has 1 heterocycles. The number of amides is 2. The maximum absolute atomic E-state index is 12.7. The number of halogens is 1. The lowest BCUT2D eigenvalue weighted by Gasteiger charge is -2.19. The van der Waals surface area contributed by atoms with Crippen LogP contribution in [-0.2, 0) is 11.3 Å². The van der Waals surface area contributed by atoms with Gasteiger partial charge in [0.2, 0.25) is 5.75 Å². The van der Waals surface area contributed by atoms with Gasteiger partial charge in [0.05, 0.1) is 25.1 Å². The molecule has 1 aromatic heterocycles. The summed E-state index contributed by atoms with van der Waals surface area (Å²) < 4.78 is 16.5. The van der Waals surface area contributed by atoms with Crippen molar-refractivity contribution in [1.82, 2.24) is 4.90 Å². The highest BCUT2D eigenvalue weighted by molar-refractivity contribution is 7.16. The number of ether oxygens (including phenoxy) is 3. The number of primary amides is 1. The molecule has 0 aliphatic carbocycles. The first kappa shape index (κ1) is 19.9. The molecule has 2 rings (SSSR count). The van der Waals surface area contributed by atoms with E-state index in [9.17, 15) is 9.59 Å². The van der Waals surface area contributed by atoms with Crippen LogP contribution >= 0.6 is 22.9 Å². The number of methoxy groups -OCH3 is 2. The third kappa shape index (κ3) is 4.80. The van der Waals surface area contributed by atoms with Crippen molar-refractivity contribution in [1.29, 1.82) is 0 Å². The molecular formula is C17H19ClN2O5S. The van der Waals surface area contributed by atoms with E-state index in [0.717, 1.165) is 4.88 Å². The number of carbonyl (C=O) groups excluding carboxylic acids is 2. The van der Waals surface area contributed by atoms with Crippen molar-refractivity contribution >= 4 is 34.8 Å². The molecule has 7 nitrogen and oxygen atoms in total. The van der Waals surface area contributed by atoms with Gasteiger partial charge in [0, 0.05) is 17.5 Å². The predicted octanol–water partition coefficient (Wildman–Crippen LogP) is 2.56. The smallest absolute Gasteiger partial charge is 0.255 e. The van der Waals surface area contributed by atoms with Gasteiger partial charge in [-0.1, -0.05) is 11.6 Å². The van der Waals surface area contributed by atoms with Gasteiger partial charge in [0.25, 0.3) is 11.8 Å². The van der Waals surface area contributed by atoms with Crippen LogP contribution in [0.15, 0.2) is 24.3 Å². The third-order valence-electron chi connectivity index (χ3n) is 3.43. The number of carbonyl (C=O) groups is 2. The van der Waals surface area contributed by atoms with Crippen molar-refractivity contribution in [2.75, 3.05) is 27.9 Å². The quantitative estimate of drug-likeness (QED) is 0.737. The minimum absolute atomic E-state index is 0.207. The molecule has 0 radical (unpaired) electrons. The number of nitrogens with two attached hydrogens (primary N) is 1. The van der Waals surface area contributed by atoms with Gasteiger partial charge in [0.1, 0.15) is 0 Å². The molecular weight excluding hydrogens is 380 g/mol. The molecule has 0 bridgehead atoms. The van der Waals surface area contributed by atoms with E-state index >= 15 is 0 Å². The summed E-state index contributed by atoms with van der Waals surface area (Å²) in [5, 5.41) is 0. The molecule has 1 aromatic carbocycles. The first-order chi connectivity index (χ1) is 12.3. The van der Waals surface area contributed by atoms with Gasteiger partial charge in [-0.15, -0.1) is 11.3 Å². The fourth-order valence-corrected chi connectivity index (χ4v) is 3.39. The zero-order chi connectivity index (χ0) is 19.3. The fourth-order valence-electron chi connectivity index (χ4n) is 2.25. The largest absolute Gasteiger partial charge is 0.493 e. The number of rotatable bonds is 8. The standard InChI is InChI=1S/C17H19ClN2O5S/c1-20(8-11-4-5-14(18)26-11)17(22)10-6-12(23-2)16(13(7-10)24-3)25-9-15(19)21/h4-7H,8-9H2,1-3H3,(H2,19,21). The zero-order valence-electron chi connectivity index (χ0n) is 14.6. The highest BCUT2D eigenvalue weighted by Gasteiger charge is 2.20. The molecule has 140 valence electrons. The average molecular weight is 399 g/mol. The van der Waals surface area contributed by atoms with E-state index in [2.05, 4.69) is 0 Å². The second kappa shape index (κ2) is 8.77. The minimum Gasteiger partial charge on any atom is -0.493 e. The van der Waals surface area contributed by atoms with Crippen LogP contribution in [0.25, 0.3) is 0 Å². The molecule has 0 fully saturated rings. The van der Waals surface area contributed by atoms with Crippen LogP contribution in [0.2, 0.25) is 4.34 Å². The second-order valence-corrected chi connectivity index (χ2v) is 7.13. The SMILES string of the molecule is COc1cc(C(=O)N(C)Cc2ccc(Cl)s2)cc(OC)c1OCC(N)=O. The van der Waals surface area contributed by atoms with Gasteiger partial charge in [-0.05, 0) is 24.3 Å². The Morgan fingerprint density at radius 3 is 2.27 bits per heavy atom. The number of thiophene rings is 1. The minimum atomic E-state index is -0.636. The molecule has 0 saturated heterocycles. The summed E-state index contributed by atoms with van der Waals surface area (Å²) in [4.78, 5) is 26.2.